The second-order valence-corrected chi connectivity index (χ2v) is 5.39. The van der Waals surface area contributed by atoms with Gasteiger partial charge in [-0.1, -0.05) is 38.0 Å². The second-order valence-electron chi connectivity index (χ2n) is 5.39. The van der Waals surface area contributed by atoms with E-state index in [1.54, 1.807) is 0 Å². The quantitative estimate of drug-likeness (QED) is 0.796. The zero-order chi connectivity index (χ0) is 13.7. The van der Waals surface area contributed by atoms with E-state index in [9.17, 15) is 4.79 Å². The fraction of sp³-hybridized carbons (Fsp3) is 0.562. The Kier molecular flexibility index (Phi) is 4.83. The molecule has 0 saturated carbocycles. The van der Waals surface area contributed by atoms with Crippen LogP contribution in [0, 0.1) is 0 Å². The molecule has 0 radical (unpaired) electrons. The molecule has 0 bridgehead atoms. The number of anilines is 1. The van der Waals surface area contributed by atoms with E-state index in [0.717, 1.165) is 19.5 Å². The van der Waals surface area contributed by atoms with Crippen LogP contribution in [0.2, 0.25) is 0 Å². The maximum Gasteiger partial charge on any atom is 0.222 e. The molecule has 1 aromatic rings. The average molecular weight is 260 g/mol. The number of para-hydroxylation sites is 1. The van der Waals surface area contributed by atoms with Crippen LogP contribution in [0.15, 0.2) is 24.3 Å². The van der Waals surface area contributed by atoms with Gasteiger partial charge in [-0.3, -0.25) is 4.79 Å². The van der Waals surface area contributed by atoms with Gasteiger partial charge in [0, 0.05) is 38.2 Å². The smallest absolute Gasteiger partial charge is 0.222 e. The summed E-state index contributed by atoms with van der Waals surface area (Å²) in [5.74, 6) is 0.594. The third-order valence-corrected chi connectivity index (χ3v) is 3.88. The van der Waals surface area contributed by atoms with Crippen molar-refractivity contribution in [2.45, 2.75) is 38.5 Å². The van der Waals surface area contributed by atoms with Crippen molar-refractivity contribution in [3.63, 3.8) is 0 Å². The Bertz CT molecular complexity index is 431. The van der Waals surface area contributed by atoms with Crippen LogP contribution < -0.4 is 5.32 Å². The van der Waals surface area contributed by atoms with Crippen LogP contribution in [0.3, 0.4) is 0 Å². The lowest BCUT2D eigenvalue weighted by Crippen LogP contribution is -2.29. The van der Waals surface area contributed by atoms with Gasteiger partial charge in [-0.15, -0.1) is 0 Å². The predicted octanol–water partition coefficient (Wildman–Crippen LogP) is 3.23. The lowest BCUT2D eigenvalue weighted by molar-refractivity contribution is -0.130. The summed E-state index contributed by atoms with van der Waals surface area (Å²) in [6, 6.07) is 8.30. The van der Waals surface area contributed by atoms with Gasteiger partial charge in [0.05, 0.1) is 0 Å². The number of carbonyl (C=O) groups is 1. The molecule has 1 aliphatic rings. The number of rotatable bonds is 6. The maximum atomic E-state index is 12.2. The van der Waals surface area contributed by atoms with Gasteiger partial charge in [0.25, 0.3) is 0 Å². The van der Waals surface area contributed by atoms with E-state index < -0.39 is 0 Å². The summed E-state index contributed by atoms with van der Waals surface area (Å²) in [7, 11) is 1.92. The van der Waals surface area contributed by atoms with E-state index in [0.29, 0.717) is 12.3 Å². The third kappa shape index (κ3) is 3.49. The summed E-state index contributed by atoms with van der Waals surface area (Å²) < 4.78 is 0. The van der Waals surface area contributed by atoms with Gasteiger partial charge in [-0.05, 0) is 18.1 Å². The zero-order valence-corrected chi connectivity index (χ0v) is 12.0. The third-order valence-electron chi connectivity index (χ3n) is 3.88. The average Bonchev–Trinajstić information content (AvgIpc) is 2.82. The largest absolute Gasteiger partial charge is 0.384 e. The summed E-state index contributed by atoms with van der Waals surface area (Å²) in [6.45, 7) is 3.95. The van der Waals surface area contributed by atoms with Crippen LogP contribution in [-0.4, -0.2) is 30.9 Å². The minimum absolute atomic E-state index is 0.264. The highest BCUT2D eigenvalue weighted by molar-refractivity contribution is 5.78. The van der Waals surface area contributed by atoms with Crippen molar-refractivity contribution in [1.82, 2.24) is 4.90 Å². The van der Waals surface area contributed by atoms with Gasteiger partial charge in [-0.2, -0.15) is 0 Å². The minimum Gasteiger partial charge on any atom is -0.384 e. The Morgan fingerprint density at radius 1 is 1.37 bits per heavy atom. The molecule has 1 aromatic carbocycles. The number of hydrogen-bond donors (Lipinski definition) is 1. The van der Waals surface area contributed by atoms with Crippen molar-refractivity contribution in [3.05, 3.63) is 29.8 Å². The number of carbonyl (C=O) groups excluding carboxylic acids is 1. The van der Waals surface area contributed by atoms with E-state index in [4.69, 9.17) is 0 Å². The molecule has 1 heterocycles. The highest BCUT2D eigenvalue weighted by Gasteiger charge is 2.25. The van der Waals surface area contributed by atoms with Gasteiger partial charge in [0.1, 0.15) is 0 Å². The molecule has 0 aliphatic carbocycles. The number of fused-ring (bicyclic) bond motifs is 1. The first kappa shape index (κ1) is 13.9. The first-order chi connectivity index (χ1) is 9.22. The van der Waals surface area contributed by atoms with Gasteiger partial charge < -0.3 is 10.2 Å². The maximum absolute atomic E-state index is 12.2. The molecule has 0 aromatic heterocycles. The summed E-state index contributed by atoms with van der Waals surface area (Å²) >= 11 is 0. The molecule has 104 valence electrons. The van der Waals surface area contributed by atoms with Crippen LogP contribution in [0.4, 0.5) is 5.69 Å². The van der Waals surface area contributed by atoms with E-state index in [1.807, 2.05) is 24.1 Å². The molecular weight excluding hydrogens is 236 g/mol. The molecule has 1 N–H and O–H groups in total. The van der Waals surface area contributed by atoms with E-state index in [1.165, 1.54) is 24.1 Å². The summed E-state index contributed by atoms with van der Waals surface area (Å²) in [5.41, 5.74) is 2.48. The van der Waals surface area contributed by atoms with Crippen LogP contribution in [0.5, 0.6) is 0 Å². The Balaban J connectivity index is 1.86. The molecule has 2 rings (SSSR count). The highest BCUT2D eigenvalue weighted by Crippen LogP contribution is 2.33. The van der Waals surface area contributed by atoms with Gasteiger partial charge in [-0.25, -0.2) is 0 Å². The number of unbranched alkanes of at least 4 members (excludes halogenated alkanes) is 2. The number of hydrogen-bond acceptors (Lipinski definition) is 2. The van der Waals surface area contributed by atoms with E-state index >= 15 is 0 Å². The fourth-order valence-electron chi connectivity index (χ4n) is 2.63. The van der Waals surface area contributed by atoms with Crippen molar-refractivity contribution in [1.29, 1.82) is 0 Å². The van der Waals surface area contributed by atoms with Crippen molar-refractivity contribution < 1.29 is 4.79 Å². The van der Waals surface area contributed by atoms with Crippen molar-refractivity contribution in [2.75, 3.05) is 25.5 Å². The highest BCUT2D eigenvalue weighted by atomic mass is 16.2. The molecule has 0 saturated heterocycles. The standard InChI is InChI=1S/C16H24N2O/c1-3-4-7-10-18(2)16(19)11-13-12-17-15-9-6-5-8-14(13)15/h5-6,8-9,13,17H,3-4,7,10-12H2,1-2H3. The van der Waals surface area contributed by atoms with E-state index in [2.05, 4.69) is 24.4 Å². The van der Waals surface area contributed by atoms with Gasteiger partial charge in [0.15, 0.2) is 0 Å². The molecule has 1 atom stereocenters. The Hall–Kier alpha value is -1.51. The first-order valence-corrected chi connectivity index (χ1v) is 7.29. The van der Waals surface area contributed by atoms with Crippen LogP contribution >= 0.6 is 0 Å². The molecule has 1 amide bonds. The topological polar surface area (TPSA) is 32.3 Å². The summed E-state index contributed by atoms with van der Waals surface area (Å²) in [4.78, 5) is 14.1. The molecule has 0 fully saturated rings. The molecule has 1 unspecified atom stereocenters. The monoisotopic (exact) mass is 260 g/mol. The lowest BCUT2D eigenvalue weighted by Gasteiger charge is -2.19. The fourth-order valence-corrected chi connectivity index (χ4v) is 2.63. The molecule has 1 aliphatic heterocycles. The first-order valence-electron chi connectivity index (χ1n) is 7.29. The van der Waals surface area contributed by atoms with Crippen molar-refractivity contribution in [2.24, 2.45) is 0 Å². The second kappa shape index (κ2) is 6.60. The lowest BCUT2D eigenvalue weighted by atomic mass is 9.97. The Labute approximate surface area is 116 Å². The van der Waals surface area contributed by atoms with Gasteiger partial charge in [0.2, 0.25) is 5.91 Å². The predicted molar refractivity (Wildman–Crippen MR) is 79.5 cm³/mol. The molecule has 3 heteroatoms. The molecule has 3 nitrogen and oxygen atoms in total. The SMILES string of the molecule is CCCCCN(C)C(=O)CC1CNc2ccccc21. The number of amides is 1. The normalized spacial score (nSPS) is 16.8. The van der Waals surface area contributed by atoms with Crippen molar-refractivity contribution >= 4 is 11.6 Å². The zero-order valence-electron chi connectivity index (χ0n) is 12.0. The summed E-state index contributed by atoms with van der Waals surface area (Å²) in [6.07, 6.45) is 4.12. The Morgan fingerprint density at radius 2 is 2.16 bits per heavy atom. The number of benzene rings is 1. The number of nitrogens with one attached hydrogen (secondary N) is 1. The molecular formula is C16H24N2O. The Morgan fingerprint density at radius 3 is 2.95 bits per heavy atom. The van der Waals surface area contributed by atoms with E-state index in [-0.39, 0.29) is 5.91 Å². The molecule has 19 heavy (non-hydrogen) atoms. The van der Waals surface area contributed by atoms with Crippen LogP contribution in [0.25, 0.3) is 0 Å². The molecule has 0 spiro atoms. The summed E-state index contributed by atoms with van der Waals surface area (Å²) in [5, 5.41) is 3.38. The van der Waals surface area contributed by atoms with Crippen LogP contribution in [0.1, 0.15) is 44.1 Å². The van der Waals surface area contributed by atoms with Crippen LogP contribution in [-0.2, 0) is 4.79 Å². The minimum atomic E-state index is 0.264. The van der Waals surface area contributed by atoms with Crippen molar-refractivity contribution in [3.8, 4) is 0 Å². The van der Waals surface area contributed by atoms with Gasteiger partial charge >= 0.3 is 0 Å². The number of nitrogens with zero attached hydrogens (tertiary/aromatic N) is 1.